The van der Waals surface area contributed by atoms with E-state index in [1.807, 2.05) is 37.3 Å². The Labute approximate surface area is 148 Å². The summed E-state index contributed by atoms with van der Waals surface area (Å²) >= 11 is 0. The molecule has 3 N–H and O–H groups in total. The van der Waals surface area contributed by atoms with E-state index in [1.54, 1.807) is 12.1 Å². The lowest BCUT2D eigenvalue weighted by Gasteiger charge is -2.15. The molecule has 132 valence electrons. The van der Waals surface area contributed by atoms with Gasteiger partial charge in [-0.1, -0.05) is 42.5 Å². The minimum Gasteiger partial charge on any atom is -0.484 e. The maximum atomic E-state index is 12.1. The average molecular weight is 340 g/mol. The van der Waals surface area contributed by atoms with Crippen LogP contribution in [0, 0.1) is 0 Å². The number of amides is 2. The van der Waals surface area contributed by atoms with Gasteiger partial charge >= 0.3 is 0 Å². The quantitative estimate of drug-likeness (QED) is 0.736. The number of nitrogens with two attached hydrogens (primary N) is 1. The molecule has 2 aromatic rings. The zero-order valence-corrected chi connectivity index (χ0v) is 14.4. The molecule has 0 fully saturated rings. The molecule has 0 aliphatic carbocycles. The number of hydrogen-bond donors (Lipinski definition) is 2. The Hall–Kier alpha value is -2.82. The number of rotatable bonds is 9. The molecule has 5 heteroatoms. The van der Waals surface area contributed by atoms with Crippen LogP contribution in [0.2, 0.25) is 0 Å². The first kappa shape index (κ1) is 18.5. The topological polar surface area (TPSA) is 81.4 Å². The highest BCUT2D eigenvalue weighted by atomic mass is 16.5. The van der Waals surface area contributed by atoms with E-state index in [0.29, 0.717) is 12.2 Å². The lowest BCUT2D eigenvalue weighted by molar-refractivity contribution is -0.122. The van der Waals surface area contributed by atoms with Crippen LogP contribution in [0.4, 0.5) is 0 Å². The van der Waals surface area contributed by atoms with Crippen LogP contribution in [0.15, 0.2) is 54.6 Å². The Balaban J connectivity index is 1.75. The molecule has 5 nitrogen and oxygen atoms in total. The first-order valence-corrected chi connectivity index (χ1v) is 8.39. The molecular formula is C20H24N2O3. The van der Waals surface area contributed by atoms with E-state index in [9.17, 15) is 9.59 Å². The van der Waals surface area contributed by atoms with Gasteiger partial charge in [0.2, 0.25) is 5.91 Å². The van der Waals surface area contributed by atoms with E-state index in [-0.39, 0.29) is 18.6 Å². The molecule has 0 aliphatic heterocycles. The molecule has 2 aromatic carbocycles. The summed E-state index contributed by atoms with van der Waals surface area (Å²) in [5.41, 5.74) is 7.26. The molecule has 0 saturated heterocycles. The number of carbonyl (C=O) groups excluding carboxylic acids is 2. The maximum absolute atomic E-state index is 12.1. The van der Waals surface area contributed by atoms with Crippen molar-refractivity contribution in [3.63, 3.8) is 0 Å². The van der Waals surface area contributed by atoms with Crippen molar-refractivity contribution in [3.8, 4) is 5.75 Å². The number of hydrogen-bond acceptors (Lipinski definition) is 3. The highest BCUT2D eigenvalue weighted by Crippen LogP contribution is 2.18. The minimum atomic E-state index is -0.514. The van der Waals surface area contributed by atoms with Crippen LogP contribution in [0.3, 0.4) is 0 Å². The summed E-state index contributed by atoms with van der Waals surface area (Å²) in [5.74, 6) is 0.0987. The third-order valence-electron chi connectivity index (χ3n) is 3.85. The monoisotopic (exact) mass is 340 g/mol. The second-order valence-electron chi connectivity index (χ2n) is 5.95. The molecule has 2 rings (SSSR count). The number of benzene rings is 2. The summed E-state index contributed by atoms with van der Waals surface area (Å²) in [6.45, 7) is 1.79. The number of nitrogens with one attached hydrogen (secondary N) is 1. The van der Waals surface area contributed by atoms with Crippen LogP contribution in [-0.2, 0) is 16.0 Å². The fourth-order valence-electron chi connectivity index (χ4n) is 2.50. The molecule has 25 heavy (non-hydrogen) atoms. The van der Waals surface area contributed by atoms with Gasteiger partial charge in [-0.25, -0.2) is 0 Å². The second-order valence-corrected chi connectivity index (χ2v) is 5.95. The van der Waals surface area contributed by atoms with Gasteiger partial charge in [0, 0.05) is 6.42 Å². The summed E-state index contributed by atoms with van der Waals surface area (Å²) in [7, 11) is 0. The Kier molecular flexibility index (Phi) is 7.01. The smallest absolute Gasteiger partial charge is 0.255 e. The average Bonchev–Trinajstić information content (AvgIpc) is 2.61. The summed E-state index contributed by atoms with van der Waals surface area (Å²) in [6, 6.07) is 17.3. The van der Waals surface area contributed by atoms with E-state index in [1.165, 1.54) is 5.56 Å². The molecule has 0 aromatic heterocycles. The van der Waals surface area contributed by atoms with Gasteiger partial charge in [0.1, 0.15) is 5.75 Å². The summed E-state index contributed by atoms with van der Waals surface area (Å²) in [6.07, 6.45) is 2.22. The molecule has 2 amide bonds. The van der Waals surface area contributed by atoms with Gasteiger partial charge in [0.15, 0.2) is 6.61 Å². The fraction of sp³-hybridized carbons (Fsp3) is 0.300. The Bertz CT molecular complexity index is 684. The first-order valence-electron chi connectivity index (χ1n) is 8.39. The van der Waals surface area contributed by atoms with E-state index >= 15 is 0 Å². The van der Waals surface area contributed by atoms with E-state index < -0.39 is 5.91 Å². The fourth-order valence-corrected chi connectivity index (χ4v) is 2.50. The minimum absolute atomic E-state index is 0.0393. The van der Waals surface area contributed by atoms with Gasteiger partial charge in [-0.15, -0.1) is 0 Å². The van der Waals surface area contributed by atoms with E-state index in [0.717, 1.165) is 18.4 Å². The molecule has 0 saturated carbocycles. The van der Waals surface area contributed by atoms with Crippen LogP contribution in [0.25, 0.3) is 0 Å². The molecule has 0 bridgehead atoms. The van der Waals surface area contributed by atoms with E-state index in [4.69, 9.17) is 10.5 Å². The molecular weight excluding hydrogens is 316 g/mol. The predicted octanol–water partition coefficient (Wildman–Crippen LogP) is 2.75. The number of aryl methyl sites for hydroxylation is 1. The third kappa shape index (κ3) is 6.67. The van der Waals surface area contributed by atoms with Crippen molar-refractivity contribution in [2.24, 2.45) is 5.73 Å². The normalized spacial score (nSPS) is 11.6. The number of ether oxygens (including phenoxy) is 1. The largest absolute Gasteiger partial charge is 0.484 e. The highest BCUT2D eigenvalue weighted by molar-refractivity contribution is 5.76. The highest BCUT2D eigenvalue weighted by Gasteiger charge is 2.10. The number of carbonyl (C=O) groups is 2. The summed E-state index contributed by atoms with van der Waals surface area (Å²) in [4.78, 5) is 22.8. The zero-order chi connectivity index (χ0) is 18.1. The van der Waals surface area contributed by atoms with Crippen molar-refractivity contribution < 1.29 is 14.3 Å². The van der Waals surface area contributed by atoms with Gasteiger partial charge in [-0.3, -0.25) is 9.59 Å². The number of primary amides is 1. The van der Waals surface area contributed by atoms with Gasteiger partial charge in [0.05, 0.1) is 6.04 Å². The predicted molar refractivity (Wildman–Crippen MR) is 97.1 cm³/mol. The van der Waals surface area contributed by atoms with Crippen LogP contribution in [-0.4, -0.2) is 18.4 Å². The third-order valence-corrected chi connectivity index (χ3v) is 3.85. The molecule has 0 aliphatic rings. The molecule has 1 unspecified atom stereocenters. The standard InChI is InChI=1S/C20H24N2O3/c1-15(17-10-12-18(13-11-17)25-14-19(21)23)22-20(24)9-5-8-16-6-3-2-4-7-16/h2-4,6-7,10-13,15H,5,8-9,14H2,1H3,(H2,21,23)(H,22,24). The van der Waals surface area contributed by atoms with Crippen LogP contribution in [0.5, 0.6) is 5.75 Å². The molecule has 0 heterocycles. The van der Waals surface area contributed by atoms with Gasteiger partial charge < -0.3 is 15.8 Å². The lowest BCUT2D eigenvalue weighted by Crippen LogP contribution is -2.26. The molecule has 1 atom stereocenters. The first-order chi connectivity index (χ1) is 12.0. The van der Waals surface area contributed by atoms with Crippen LogP contribution >= 0.6 is 0 Å². The van der Waals surface area contributed by atoms with Crippen molar-refractivity contribution in [1.29, 1.82) is 0 Å². The Morgan fingerprint density at radius 3 is 2.40 bits per heavy atom. The van der Waals surface area contributed by atoms with Crippen molar-refractivity contribution in [2.45, 2.75) is 32.2 Å². The van der Waals surface area contributed by atoms with Crippen molar-refractivity contribution in [3.05, 3.63) is 65.7 Å². The van der Waals surface area contributed by atoms with Gasteiger partial charge in [-0.05, 0) is 43.0 Å². The van der Waals surface area contributed by atoms with Crippen LogP contribution < -0.4 is 15.8 Å². The Morgan fingerprint density at radius 1 is 1.08 bits per heavy atom. The SMILES string of the molecule is CC(NC(=O)CCCc1ccccc1)c1ccc(OCC(N)=O)cc1. The maximum Gasteiger partial charge on any atom is 0.255 e. The lowest BCUT2D eigenvalue weighted by atomic mass is 10.1. The zero-order valence-electron chi connectivity index (χ0n) is 14.4. The van der Waals surface area contributed by atoms with Crippen LogP contribution in [0.1, 0.15) is 36.9 Å². The second kappa shape index (κ2) is 9.47. The van der Waals surface area contributed by atoms with Crippen molar-refractivity contribution in [1.82, 2.24) is 5.32 Å². The molecule has 0 radical (unpaired) electrons. The molecule has 0 spiro atoms. The van der Waals surface area contributed by atoms with Crippen molar-refractivity contribution in [2.75, 3.05) is 6.61 Å². The summed E-state index contributed by atoms with van der Waals surface area (Å²) < 4.78 is 5.22. The van der Waals surface area contributed by atoms with Crippen molar-refractivity contribution >= 4 is 11.8 Å². The van der Waals surface area contributed by atoms with Gasteiger partial charge in [0.25, 0.3) is 5.91 Å². The Morgan fingerprint density at radius 2 is 1.76 bits per heavy atom. The summed E-state index contributed by atoms with van der Waals surface area (Å²) in [5, 5.41) is 3.00. The van der Waals surface area contributed by atoms with E-state index in [2.05, 4.69) is 17.4 Å². The van der Waals surface area contributed by atoms with Gasteiger partial charge in [-0.2, -0.15) is 0 Å².